The molecule has 0 radical (unpaired) electrons. The van der Waals surface area contributed by atoms with Crippen LogP contribution in [0.4, 0.5) is 18.9 Å². The van der Waals surface area contributed by atoms with Crippen molar-refractivity contribution in [3.8, 4) is 0 Å². The molecule has 5 nitrogen and oxygen atoms in total. The van der Waals surface area contributed by atoms with Crippen LogP contribution in [0, 0.1) is 0 Å². The predicted molar refractivity (Wildman–Crippen MR) is 107 cm³/mol. The Hall–Kier alpha value is -2.26. The van der Waals surface area contributed by atoms with E-state index in [1.165, 1.54) is 0 Å². The molecule has 1 amide bonds. The molecule has 3 aromatic rings. The first-order chi connectivity index (χ1) is 13.4. The second-order valence-corrected chi connectivity index (χ2v) is 8.76. The Labute approximate surface area is 174 Å². The fraction of sp³-hybridized carbons (Fsp3) is 0.316. The summed E-state index contributed by atoms with van der Waals surface area (Å²) in [7, 11) is 0. The normalized spacial score (nSPS) is 12.4. The number of fused-ring (bicyclic) bond motifs is 1. The minimum absolute atomic E-state index is 0.00364. The summed E-state index contributed by atoms with van der Waals surface area (Å²) in [5.41, 5.74) is 0.957. The monoisotopic (exact) mass is 442 g/mol. The number of pyridine rings is 1. The number of halogens is 4. The van der Waals surface area contributed by atoms with Gasteiger partial charge in [0.25, 0.3) is 0 Å². The second kappa shape index (κ2) is 7.87. The smallest absolute Gasteiger partial charge is 0.325 e. The molecule has 2 aromatic heterocycles. The summed E-state index contributed by atoms with van der Waals surface area (Å²) >= 11 is 6.86. The Morgan fingerprint density at radius 2 is 1.79 bits per heavy atom. The number of anilines is 1. The maximum absolute atomic E-state index is 13.0. The number of nitrogens with zero attached hydrogens (tertiary/aromatic N) is 3. The lowest BCUT2D eigenvalue weighted by molar-refractivity contribution is -0.137. The molecule has 0 aliphatic carbocycles. The van der Waals surface area contributed by atoms with E-state index in [-0.39, 0.29) is 32.9 Å². The van der Waals surface area contributed by atoms with E-state index in [9.17, 15) is 18.0 Å². The van der Waals surface area contributed by atoms with E-state index in [1.54, 1.807) is 0 Å². The molecule has 0 fully saturated rings. The lowest BCUT2D eigenvalue weighted by atomic mass is 9.87. The molecule has 0 aliphatic heterocycles. The average molecular weight is 443 g/mol. The van der Waals surface area contributed by atoms with Crippen molar-refractivity contribution in [3.63, 3.8) is 0 Å². The van der Waals surface area contributed by atoms with Crippen molar-refractivity contribution in [2.45, 2.75) is 37.5 Å². The van der Waals surface area contributed by atoms with Crippen LogP contribution in [0.3, 0.4) is 0 Å². The zero-order chi connectivity index (χ0) is 21.4. The average Bonchev–Trinajstić information content (AvgIpc) is 3.02. The summed E-state index contributed by atoms with van der Waals surface area (Å²) in [4.78, 5) is 12.2. The molecule has 0 saturated carbocycles. The van der Waals surface area contributed by atoms with Gasteiger partial charge in [-0.2, -0.15) is 13.2 Å². The molecule has 0 atom stereocenters. The Morgan fingerprint density at radius 1 is 1.14 bits per heavy atom. The van der Waals surface area contributed by atoms with Crippen LogP contribution in [0.2, 0.25) is 5.02 Å². The molecular weight excluding hydrogens is 425 g/mol. The van der Waals surface area contributed by atoms with E-state index in [1.807, 2.05) is 24.3 Å². The number of aromatic nitrogens is 3. The van der Waals surface area contributed by atoms with Crippen LogP contribution in [-0.4, -0.2) is 26.3 Å². The van der Waals surface area contributed by atoms with Gasteiger partial charge in [-0.1, -0.05) is 56.3 Å². The van der Waals surface area contributed by atoms with E-state index >= 15 is 0 Å². The van der Waals surface area contributed by atoms with Crippen LogP contribution in [-0.2, 0) is 16.4 Å². The maximum atomic E-state index is 13.0. The Bertz CT molecular complexity index is 1040. The number of nitrogens with one attached hydrogen (secondary N) is 1. The molecule has 3 rings (SSSR count). The zero-order valence-corrected chi connectivity index (χ0v) is 17.4. The molecule has 1 N–H and O–H groups in total. The zero-order valence-electron chi connectivity index (χ0n) is 15.8. The van der Waals surface area contributed by atoms with E-state index in [0.29, 0.717) is 5.69 Å². The van der Waals surface area contributed by atoms with E-state index in [0.717, 1.165) is 34.0 Å². The minimum atomic E-state index is -4.55. The number of carbonyl (C=O) groups is 1. The van der Waals surface area contributed by atoms with E-state index in [2.05, 4.69) is 36.3 Å². The Morgan fingerprint density at radius 3 is 2.38 bits per heavy atom. The Balaban J connectivity index is 1.70. The summed E-state index contributed by atoms with van der Waals surface area (Å²) in [6, 6.07) is 8.30. The van der Waals surface area contributed by atoms with Crippen molar-refractivity contribution in [1.29, 1.82) is 0 Å². The summed E-state index contributed by atoms with van der Waals surface area (Å²) in [5.74, 6) is -0.358. The standard InChI is InChI=1S/C19H18ClF3N4OS/c1-18(2,3)11-4-6-13(7-5-11)24-15(28)10-29-17-26-25-16-14(20)8-12(9-27(16)17)19(21,22)23/h4-9H,10H2,1-3H3,(H,24,28). The van der Waals surface area contributed by atoms with Gasteiger partial charge < -0.3 is 5.32 Å². The molecule has 0 unspecified atom stereocenters. The summed E-state index contributed by atoms with van der Waals surface area (Å²) in [6.07, 6.45) is -3.69. The van der Waals surface area contributed by atoms with Gasteiger partial charge in [0.1, 0.15) is 0 Å². The van der Waals surface area contributed by atoms with Gasteiger partial charge in [0, 0.05) is 11.9 Å². The third-order valence-electron chi connectivity index (χ3n) is 4.12. The van der Waals surface area contributed by atoms with Crippen LogP contribution in [0.25, 0.3) is 5.65 Å². The van der Waals surface area contributed by atoms with E-state index in [4.69, 9.17) is 11.6 Å². The lowest BCUT2D eigenvalue weighted by Crippen LogP contribution is -2.15. The number of benzene rings is 1. The highest BCUT2D eigenvalue weighted by atomic mass is 35.5. The van der Waals surface area contributed by atoms with Crippen molar-refractivity contribution >= 4 is 40.6 Å². The highest BCUT2D eigenvalue weighted by Gasteiger charge is 2.32. The number of thioether (sulfide) groups is 1. The maximum Gasteiger partial charge on any atom is 0.417 e. The SMILES string of the molecule is CC(C)(C)c1ccc(NC(=O)CSc2nnc3c(Cl)cc(C(F)(F)F)cn23)cc1. The fourth-order valence-corrected chi connectivity index (χ4v) is 3.52. The van der Waals surface area contributed by atoms with Crippen molar-refractivity contribution in [2.75, 3.05) is 11.1 Å². The van der Waals surface area contributed by atoms with Crippen LogP contribution in [0.15, 0.2) is 41.7 Å². The first-order valence-electron chi connectivity index (χ1n) is 8.60. The van der Waals surface area contributed by atoms with Crippen LogP contribution in [0.5, 0.6) is 0 Å². The first-order valence-corrected chi connectivity index (χ1v) is 9.96. The molecule has 2 heterocycles. The topological polar surface area (TPSA) is 59.3 Å². The van der Waals surface area contributed by atoms with Gasteiger partial charge in [-0.25, -0.2) is 0 Å². The lowest BCUT2D eigenvalue weighted by Gasteiger charge is -2.19. The number of alkyl halides is 3. The van der Waals surface area contributed by atoms with Gasteiger partial charge in [-0.05, 0) is 29.2 Å². The highest BCUT2D eigenvalue weighted by molar-refractivity contribution is 7.99. The van der Waals surface area contributed by atoms with Crippen molar-refractivity contribution < 1.29 is 18.0 Å². The molecule has 1 aromatic carbocycles. The largest absolute Gasteiger partial charge is 0.417 e. The van der Waals surface area contributed by atoms with Gasteiger partial charge in [0.2, 0.25) is 5.91 Å². The van der Waals surface area contributed by atoms with Crippen LogP contribution in [0.1, 0.15) is 31.9 Å². The molecule has 0 spiro atoms. The van der Waals surface area contributed by atoms with Gasteiger partial charge >= 0.3 is 6.18 Å². The van der Waals surface area contributed by atoms with E-state index < -0.39 is 11.7 Å². The number of rotatable bonds is 4. The Kier molecular flexibility index (Phi) is 5.82. The van der Waals surface area contributed by atoms with Gasteiger partial charge in [0.05, 0.1) is 16.3 Å². The van der Waals surface area contributed by atoms with Crippen LogP contribution >= 0.6 is 23.4 Å². The van der Waals surface area contributed by atoms with Crippen LogP contribution < -0.4 is 5.32 Å². The van der Waals surface area contributed by atoms with Crippen molar-refractivity contribution in [2.24, 2.45) is 0 Å². The van der Waals surface area contributed by atoms with Crippen molar-refractivity contribution in [1.82, 2.24) is 14.6 Å². The summed E-state index contributed by atoms with van der Waals surface area (Å²) in [5, 5.41) is 10.4. The number of hydrogen-bond donors (Lipinski definition) is 1. The third kappa shape index (κ3) is 5.02. The minimum Gasteiger partial charge on any atom is -0.325 e. The second-order valence-electron chi connectivity index (χ2n) is 7.41. The molecule has 29 heavy (non-hydrogen) atoms. The predicted octanol–water partition coefficient (Wildman–Crippen LogP) is 5.43. The number of amides is 1. The highest BCUT2D eigenvalue weighted by Crippen LogP contribution is 2.33. The molecule has 0 bridgehead atoms. The molecule has 10 heteroatoms. The van der Waals surface area contributed by atoms with Crippen molar-refractivity contribution in [3.05, 3.63) is 52.7 Å². The molecule has 154 valence electrons. The quantitative estimate of drug-likeness (QED) is 0.547. The molecule has 0 saturated heterocycles. The number of carbonyl (C=O) groups excluding carboxylic acids is 1. The van der Waals surface area contributed by atoms with Gasteiger partial charge in [0.15, 0.2) is 10.8 Å². The van der Waals surface area contributed by atoms with Gasteiger partial charge in [-0.15, -0.1) is 10.2 Å². The van der Waals surface area contributed by atoms with Gasteiger partial charge in [-0.3, -0.25) is 9.20 Å². The molecular formula is C19H18ClF3N4OS. The third-order valence-corrected chi connectivity index (χ3v) is 5.34. The first kappa shape index (κ1) is 21.4. The number of hydrogen-bond acceptors (Lipinski definition) is 4. The summed E-state index contributed by atoms with van der Waals surface area (Å²) in [6.45, 7) is 6.28. The molecule has 0 aliphatic rings. The fourth-order valence-electron chi connectivity index (χ4n) is 2.57. The summed E-state index contributed by atoms with van der Waals surface area (Å²) < 4.78 is 40.2.